The van der Waals surface area contributed by atoms with Gasteiger partial charge in [-0.15, -0.1) is 5.10 Å². The van der Waals surface area contributed by atoms with Crippen molar-refractivity contribution < 1.29 is 4.74 Å². The van der Waals surface area contributed by atoms with Crippen molar-refractivity contribution in [3.05, 3.63) is 11.1 Å². The fourth-order valence-corrected chi connectivity index (χ4v) is 1.99. The summed E-state index contributed by atoms with van der Waals surface area (Å²) in [5.41, 5.74) is 1.03. The highest BCUT2D eigenvalue weighted by atomic mass is 32.1. The lowest BCUT2D eigenvalue weighted by atomic mass is 10.4. The second-order valence-corrected chi connectivity index (χ2v) is 4.14. The van der Waals surface area contributed by atoms with Crippen LogP contribution in [0.2, 0.25) is 0 Å². The molecular weight excluding hydrogens is 212 g/mol. The van der Waals surface area contributed by atoms with E-state index in [0.29, 0.717) is 0 Å². The summed E-state index contributed by atoms with van der Waals surface area (Å²) in [5.74, 6) is 0. The molecular formula is C9H16N4OS. The van der Waals surface area contributed by atoms with Crippen molar-refractivity contribution in [3.63, 3.8) is 0 Å². The predicted molar refractivity (Wildman–Crippen MR) is 58.9 cm³/mol. The van der Waals surface area contributed by atoms with Crippen molar-refractivity contribution in [1.29, 1.82) is 0 Å². The molecule has 2 heterocycles. The molecule has 1 N–H and O–H groups in total. The van der Waals surface area contributed by atoms with E-state index in [1.54, 1.807) is 0 Å². The topological polar surface area (TPSA) is 50.3 Å². The Bertz CT molecular complexity index is 261. The lowest BCUT2D eigenvalue weighted by molar-refractivity contribution is 0.0384. The van der Waals surface area contributed by atoms with Gasteiger partial charge in [-0.1, -0.05) is 4.49 Å². The molecule has 6 heteroatoms. The van der Waals surface area contributed by atoms with Crippen LogP contribution in [0, 0.1) is 0 Å². The number of hydrogen-bond donors (Lipinski definition) is 1. The van der Waals surface area contributed by atoms with Crippen molar-refractivity contribution in [2.24, 2.45) is 0 Å². The Hall–Kier alpha value is -0.560. The zero-order chi connectivity index (χ0) is 10.3. The fraction of sp³-hybridized carbons (Fsp3) is 0.778. The van der Waals surface area contributed by atoms with E-state index in [1.165, 1.54) is 11.5 Å². The van der Waals surface area contributed by atoms with E-state index < -0.39 is 0 Å². The lowest BCUT2D eigenvalue weighted by Gasteiger charge is -2.26. The Kier molecular flexibility index (Phi) is 4.46. The van der Waals surface area contributed by atoms with E-state index in [2.05, 4.69) is 19.8 Å². The normalized spacial score (nSPS) is 18.1. The maximum absolute atomic E-state index is 5.29. The Morgan fingerprint density at radius 2 is 2.33 bits per heavy atom. The van der Waals surface area contributed by atoms with Crippen molar-refractivity contribution in [3.8, 4) is 0 Å². The monoisotopic (exact) mass is 228 g/mol. The van der Waals surface area contributed by atoms with Gasteiger partial charge in [0, 0.05) is 38.1 Å². The maximum Gasteiger partial charge on any atom is 0.0893 e. The average molecular weight is 228 g/mol. The van der Waals surface area contributed by atoms with E-state index in [4.69, 9.17) is 4.74 Å². The van der Waals surface area contributed by atoms with Gasteiger partial charge in [0.15, 0.2) is 0 Å². The minimum Gasteiger partial charge on any atom is -0.379 e. The van der Waals surface area contributed by atoms with Gasteiger partial charge in [0.1, 0.15) is 0 Å². The summed E-state index contributed by atoms with van der Waals surface area (Å²) < 4.78 is 9.10. The van der Waals surface area contributed by atoms with Crippen molar-refractivity contribution in [1.82, 2.24) is 19.8 Å². The molecule has 0 amide bonds. The molecule has 0 aromatic carbocycles. The van der Waals surface area contributed by atoms with Crippen LogP contribution in [0.15, 0.2) is 5.38 Å². The van der Waals surface area contributed by atoms with Gasteiger partial charge in [-0.05, 0) is 11.5 Å². The molecule has 1 aliphatic heterocycles. The number of hydrogen-bond acceptors (Lipinski definition) is 6. The largest absolute Gasteiger partial charge is 0.379 e. The van der Waals surface area contributed by atoms with Crippen LogP contribution in [-0.4, -0.2) is 53.9 Å². The molecule has 0 bridgehead atoms. The van der Waals surface area contributed by atoms with Crippen LogP contribution < -0.4 is 5.32 Å². The van der Waals surface area contributed by atoms with Gasteiger partial charge in [-0.3, -0.25) is 4.90 Å². The third-order valence-corrected chi connectivity index (χ3v) is 2.97. The predicted octanol–water partition coefficient (Wildman–Crippen LogP) is -0.0401. The van der Waals surface area contributed by atoms with Crippen molar-refractivity contribution in [2.75, 3.05) is 39.4 Å². The average Bonchev–Trinajstić information content (AvgIpc) is 2.79. The van der Waals surface area contributed by atoms with Crippen molar-refractivity contribution >= 4 is 11.5 Å². The first-order valence-corrected chi connectivity index (χ1v) is 6.05. The highest BCUT2D eigenvalue weighted by Gasteiger charge is 2.08. The number of rotatable bonds is 5. The summed E-state index contributed by atoms with van der Waals surface area (Å²) in [6.07, 6.45) is 0. The minimum absolute atomic E-state index is 0.820. The first-order chi connectivity index (χ1) is 7.45. The maximum atomic E-state index is 5.29. The fourth-order valence-electron chi connectivity index (χ4n) is 1.54. The van der Waals surface area contributed by atoms with Gasteiger partial charge in [0.05, 0.1) is 18.9 Å². The third-order valence-electron chi connectivity index (χ3n) is 2.42. The van der Waals surface area contributed by atoms with E-state index in [1.807, 2.05) is 5.38 Å². The molecule has 5 nitrogen and oxygen atoms in total. The second kappa shape index (κ2) is 6.12. The number of morpholine rings is 1. The van der Waals surface area contributed by atoms with Gasteiger partial charge >= 0.3 is 0 Å². The minimum atomic E-state index is 0.820. The molecule has 1 aromatic rings. The second-order valence-electron chi connectivity index (χ2n) is 3.53. The Morgan fingerprint density at radius 3 is 3.07 bits per heavy atom. The van der Waals surface area contributed by atoms with Gasteiger partial charge in [-0.2, -0.15) is 0 Å². The lowest BCUT2D eigenvalue weighted by Crippen LogP contribution is -2.40. The molecule has 1 aliphatic rings. The quantitative estimate of drug-likeness (QED) is 0.717. The van der Waals surface area contributed by atoms with E-state index in [9.17, 15) is 0 Å². The first-order valence-electron chi connectivity index (χ1n) is 5.22. The molecule has 15 heavy (non-hydrogen) atoms. The van der Waals surface area contributed by atoms with Crippen LogP contribution in [-0.2, 0) is 11.3 Å². The molecule has 1 saturated heterocycles. The first kappa shape index (κ1) is 10.9. The third kappa shape index (κ3) is 3.83. The molecule has 0 spiro atoms. The highest BCUT2D eigenvalue weighted by molar-refractivity contribution is 7.03. The molecule has 0 radical (unpaired) electrons. The summed E-state index contributed by atoms with van der Waals surface area (Å²) in [5, 5.41) is 9.30. The Labute approximate surface area is 93.6 Å². The van der Waals surface area contributed by atoms with Crippen LogP contribution in [0.25, 0.3) is 0 Å². The van der Waals surface area contributed by atoms with Crippen LogP contribution >= 0.6 is 11.5 Å². The number of aromatic nitrogens is 2. The van der Waals surface area contributed by atoms with E-state index in [0.717, 1.165) is 51.6 Å². The smallest absolute Gasteiger partial charge is 0.0893 e. The van der Waals surface area contributed by atoms with Gasteiger partial charge < -0.3 is 10.1 Å². The summed E-state index contributed by atoms with van der Waals surface area (Å²) in [6.45, 7) is 6.76. The van der Waals surface area contributed by atoms with Gasteiger partial charge in [0.2, 0.25) is 0 Å². The molecule has 84 valence electrons. The summed E-state index contributed by atoms with van der Waals surface area (Å²) in [6, 6.07) is 0. The molecule has 0 atom stereocenters. The van der Waals surface area contributed by atoms with Gasteiger partial charge in [-0.25, -0.2) is 0 Å². The Balaban J connectivity index is 1.54. The highest BCUT2D eigenvalue weighted by Crippen LogP contribution is 1.97. The van der Waals surface area contributed by atoms with Gasteiger partial charge in [0.25, 0.3) is 0 Å². The van der Waals surface area contributed by atoms with E-state index in [-0.39, 0.29) is 0 Å². The summed E-state index contributed by atoms with van der Waals surface area (Å²) in [4.78, 5) is 2.41. The standard InChI is InChI=1S/C9H16N4OS/c1(2-13-3-5-14-6-4-13)10-7-9-8-15-12-11-9/h8,10H,1-7H2. The molecule has 0 aliphatic carbocycles. The Morgan fingerprint density at radius 1 is 1.47 bits per heavy atom. The van der Waals surface area contributed by atoms with Crippen molar-refractivity contribution in [2.45, 2.75) is 6.54 Å². The zero-order valence-corrected chi connectivity index (χ0v) is 9.50. The zero-order valence-electron chi connectivity index (χ0n) is 8.69. The van der Waals surface area contributed by atoms with Crippen LogP contribution in [0.3, 0.4) is 0 Å². The molecule has 1 fully saturated rings. The SMILES string of the molecule is c1snnc1CNCCN1CCOCC1. The van der Waals surface area contributed by atoms with Crippen LogP contribution in [0.4, 0.5) is 0 Å². The summed E-state index contributed by atoms with van der Waals surface area (Å²) in [7, 11) is 0. The summed E-state index contributed by atoms with van der Waals surface area (Å²) >= 11 is 1.40. The number of nitrogens with zero attached hydrogens (tertiary/aromatic N) is 3. The number of nitrogens with one attached hydrogen (secondary N) is 1. The van der Waals surface area contributed by atoms with E-state index >= 15 is 0 Å². The molecule has 0 unspecified atom stereocenters. The van der Waals surface area contributed by atoms with Crippen LogP contribution in [0.5, 0.6) is 0 Å². The number of ether oxygens (including phenoxy) is 1. The molecule has 2 rings (SSSR count). The van der Waals surface area contributed by atoms with Crippen LogP contribution in [0.1, 0.15) is 5.69 Å². The molecule has 1 aromatic heterocycles. The molecule has 0 saturated carbocycles.